The van der Waals surface area contributed by atoms with Gasteiger partial charge in [-0.2, -0.15) is 0 Å². The Bertz CT molecular complexity index is 489. The summed E-state index contributed by atoms with van der Waals surface area (Å²) >= 11 is 0. The number of carbonyl (C=O) groups excluding carboxylic acids is 1. The SMILES string of the molecule is CCCNc1ccc(C(=O)NCC(C)S(C)=O)c(C)c1. The van der Waals surface area contributed by atoms with Crippen molar-refractivity contribution in [2.45, 2.75) is 32.4 Å². The third-order valence-corrected chi connectivity index (χ3v) is 4.47. The molecule has 2 N–H and O–H groups in total. The standard InChI is InChI=1S/C15H24N2O2S/c1-5-8-16-13-6-7-14(11(2)9-13)15(18)17-10-12(3)20(4)19/h6-7,9,12,16H,5,8,10H2,1-4H3,(H,17,18). The smallest absolute Gasteiger partial charge is 0.251 e. The van der Waals surface area contributed by atoms with Gasteiger partial charge < -0.3 is 10.6 Å². The van der Waals surface area contributed by atoms with Gasteiger partial charge in [0.05, 0.1) is 0 Å². The van der Waals surface area contributed by atoms with Crippen molar-refractivity contribution < 1.29 is 9.00 Å². The topological polar surface area (TPSA) is 58.2 Å². The van der Waals surface area contributed by atoms with Crippen molar-refractivity contribution in [1.82, 2.24) is 5.32 Å². The van der Waals surface area contributed by atoms with Crippen LogP contribution in [0.15, 0.2) is 18.2 Å². The van der Waals surface area contributed by atoms with E-state index < -0.39 is 10.8 Å². The molecule has 2 atom stereocenters. The molecule has 0 aliphatic heterocycles. The highest BCUT2D eigenvalue weighted by Gasteiger charge is 2.12. The van der Waals surface area contributed by atoms with E-state index in [2.05, 4.69) is 17.6 Å². The molecule has 0 aromatic heterocycles. The molecule has 112 valence electrons. The Morgan fingerprint density at radius 3 is 2.65 bits per heavy atom. The molecule has 4 nitrogen and oxygen atoms in total. The highest BCUT2D eigenvalue weighted by atomic mass is 32.2. The second kappa shape index (κ2) is 8.04. The monoisotopic (exact) mass is 296 g/mol. The summed E-state index contributed by atoms with van der Waals surface area (Å²) in [5.74, 6) is -0.109. The lowest BCUT2D eigenvalue weighted by atomic mass is 10.1. The summed E-state index contributed by atoms with van der Waals surface area (Å²) in [5, 5.41) is 6.09. The minimum absolute atomic E-state index is 0.0373. The molecule has 0 saturated carbocycles. The Morgan fingerprint density at radius 1 is 1.40 bits per heavy atom. The van der Waals surface area contributed by atoms with Crippen LogP contribution in [0.5, 0.6) is 0 Å². The Balaban J connectivity index is 2.66. The summed E-state index contributed by atoms with van der Waals surface area (Å²) < 4.78 is 11.3. The first-order valence-electron chi connectivity index (χ1n) is 6.90. The average Bonchev–Trinajstić information content (AvgIpc) is 2.42. The number of nitrogens with one attached hydrogen (secondary N) is 2. The van der Waals surface area contributed by atoms with Crippen LogP contribution in [0.3, 0.4) is 0 Å². The first-order chi connectivity index (χ1) is 9.45. The van der Waals surface area contributed by atoms with Crippen LogP contribution in [-0.2, 0) is 10.8 Å². The lowest BCUT2D eigenvalue weighted by Crippen LogP contribution is -2.32. The summed E-state index contributed by atoms with van der Waals surface area (Å²) in [5.41, 5.74) is 2.64. The summed E-state index contributed by atoms with van der Waals surface area (Å²) in [6.45, 7) is 7.25. The average molecular weight is 296 g/mol. The fourth-order valence-corrected chi connectivity index (χ4v) is 2.06. The third kappa shape index (κ3) is 4.96. The van der Waals surface area contributed by atoms with Crippen LogP contribution in [0.2, 0.25) is 0 Å². The van der Waals surface area contributed by atoms with E-state index in [1.807, 2.05) is 32.0 Å². The fraction of sp³-hybridized carbons (Fsp3) is 0.533. The van der Waals surface area contributed by atoms with E-state index in [1.54, 1.807) is 6.26 Å². The molecule has 2 unspecified atom stereocenters. The normalized spacial score (nSPS) is 13.6. The van der Waals surface area contributed by atoms with Gasteiger partial charge in [-0.1, -0.05) is 6.92 Å². The second-order valence-electron chi connectivity index (χ2n) is 4.98. The highest BCUT2D eigenvalue weighted by Crippen LogP contribution is 2.15. The van der Waals surface area contributed by atoms with Crippen molar-refractivity contribution >= 4 is 22.4 Å². The number of benzene rings is 1. The van der Waals surface area contributed by atoms with E-state index in [0.717, 1.165) is 24.2 Å². The zero-order valence-corrected chi connectivity index (χ0v) is 13.5. The van der Waals surface area contributed by atoms with Gasteiger partial charge >= 0.3 is 0 Å². The second-order valence-corrected chi connectivity index (χ2v) is 6.78. The van der Waals surface area contributed by atoms with E-state index in [0.29, 0.717) is 12.1 Å². The minimum Gasteiger partial charge on any atom is -0.385 e. The number of aryl methyl sites for hydroxylation is 1. The Morgan fingerprint density at radius 2 is 2.10 bits per heavy atom. The van der Waals surface area contributed by atoms with Crippen molar-refractivity contribution in [2.24, 2.45) is 0 Å². The van der Waals surface area contributed by atoms with Gasteiger partial charge in [0.25, 0.3) is 5.91 Å². The first kappa shape index (κ1) is 16.7. The molecule has 1 amide bonds. The lowest BCUT2D eigenvalue weighted by Gasteiger charge is -2.12. The molecule has 1 aromatic carbocycles. The maximum atomic E-state index is 12.1. The molecule has 5 heteroatoms. The predicted octanol–water partition coefficient (Wildman–Crippen LogP) is 2.31. The first-order valence-corrected chi connectivity index (χ1v) is 8.52. The molecular formula is C15H24N2O2S. The van der Waals surface area contributed by atoms with Gasteiger partial charge in [-0.05, 0) is 44.0 Å². The van der Waals surface area contributed by atoms with E-state index in [4.69, 9.17) is 0 Å². The molecule has 0 radical (unpaired) electrons. The maximum Gasteiger partial charge on any atom is 0.251 e. The predicted molar refractivity (Wildman–Crippen MR) is 85.8 cm³/mol. The Labute approximate surface area is 123 Å². The van der Waals surface area contributed by atoms with Gasteiger partial charge in [-0.3, -0.25) is 9.00 Å². The van der Waals surface area contributed by atoms with Gasteiger partial charge in [0.1, 0.15) is 0 Å². The summed E-state index contributed by atoms with van der Waals surface area (Å²) in [6.07, 6.45) is 2.71. The molecule has 0 aliphatic carbocycles. The minimum atomic E-state index is -0.921. The van der Waals surface area contributed by atoms with Crippen LogP contribution in [0.4, 0.5) is 5.69 Å². The van der Waals surface area contributed by atoms with E-state index in [9.17, 15) is 9.00 Å². The quantitative estimate of drug-likeness (QED) is 0.812. The van der Waals surface area contributed by atoms with E-state index >= 15 is 0 Å². The number of hydrogen-bond donors (Lipinski definition) is 2. The molecule has 1 aromatic rings. The van der Waals surface area contributed by atoms with Crippen molar-refractivity contribution in [3.63, 3.8) is 0 Å². The maximum absolute atomic E-state index is 12.1. The molecule has 20 heavy (non-hydrogen) atoms. The molecular weight excluding hydrogens is 272 g/mol. The number of rotatable bonds is 7. The molecule has 1 rings (SSSR count). The highest BCUT2D eigenvalue weighted by molar-refractivity contribution is 7.84. The van der Waals surface area contributed by atoms with Crippen LogP contribution in [0, 0.1) is 6.92 Å². The zero-order chi connectivity index (χ0) is 15.1. The molecule has 0 fully saturated rings. The number of hydrogen-bond acceptors (Lipinski definition) is 3. The van der Waals surface area contributed by atoms with E-state index in [-0.39, 0.29) is 11.2 Å². The van der Waals surface area contributed by atoms with Crippen LogP contribution in [0.1, 0.15) is 36.2 Å². The number of amides is 1. The third-order valence-electron chi connectivity index (χ3n) is 3.17. The molecule has 0 aliphatic rings. The Hall–Kier alpha value is -1.36. The fourth-order valence-electron chi connectivity index (χ4n) is 1.75. The van der Waals surface area contributed by atoms with E-state index in [1.165, 1.54) is 0 Å². The van der Waals surface area contributed by atoms with Gasteiger partial charge in [0.2, 0.25) is 0 Å². The van der Waals surface area contributed by atoms with Gasteiger partial charge in [0.15, 0.2) is 0 Å². The molecule has 0 saturated heterocycles. The molecule has 0 spiro atoms. The molecule has 0 heterocycles. The van der Waals surface area contributed by atoms with Crippen LogP contribution in [0.25, 0.3) is 0 Å². The van der Waals surface area contributed by atoms with Crippen LogP contribution >= 0.6 is 0 Å². The van der Waals surface area contributed by atoms with Crippen molar-refractivity contribution in [2.75, 3.05) is 24.7 Å². The lowest BCUT2D eigenvalue weighted by molar-refractivity contribution is 0.0953. The van der Waals surface area contributed by atoms with Crippen LogP contribution in [-0.4, -0.2) is 34.7 Å². The number of anilines is 1. The van der Waals surface area contributed by atoms with Crippen molar-refractivity contribution in [3.8, 4) is 0 Å². The van der Waals surface area contributed by atoms with Gasteiger partial charge in [-0.25, -0.2) is 0 Å². The largest absolute Gasteiger partial charge is 0.385 e. The van der Waals surface area contributed by atoms with Gasteiger partial charge in [-0.15, -0.1) is 0 Å². The van der Waals surface area contributed by atoms with Crippen molar-refractivity contribution in [1.29, 1.82) is 0 Å². The summed E-state index contributed by atoms with van der Waals surface area (Å²) in [6, 6.07) is 5.72. The number of carbonyl (C=O) groups is 1. The van der Waals surface area contributed by atoms with Crippen LogP contribution < -0.4 is 10.6 Å². The van der Waals surface area contributed by atoms with Crippen molar-refractivity contribution in [3.05, 3.63) is 29.3 Å². The summed E-state index contributed by atoms with van der Waals surface area (Å²) in [4.78, 5) is 12.1. The zero-order valence-electron chi connectivity index (χ0n) is 12.7. The van der Waals surface area contributed by atoms with Gasteiger partial charge in [0, 0.05) is 46.6 Å². The summed E-state index contributed by atoms with van der Waals surface area (Å²) in [7, 11) is -0.921. The molecule has 0 bridgehead atoms. The Kier molecular flexibility index (Phi) is 6.71.